The summed E-state index contributed by atoms with van der Waals surface area (Å²) in [6, 6.07) is 6.94. The smallest absolute Gasteiger partial charge is 0.269 e. The van der Waals surface area contributed by atoms with Crippen molar-refractivity contribution < 1.29 is 19.4 Å². The highest BCUT2D eigenvalue weighted by Gasteiger charge is 2.42. The van der Waals surface area contributed by atoms with E-state index in [0.717, 1.165) is 5.69 Å². The molecule has 2 aromatic rings. The van der Waals surface area contributed by atoms with Gasteiger partial charge in [-0.25, -0.2) is 4.68 Å². The number of aromatic nitrogens is 2. The number of likely N-dealkylation sites (tertiary alicyclic amines) is 1. The standard InChI is InChI=1S/C20H20N4O4/c1-12-11-28-17-4-3-13(5-6-20(27)7-8-23(2)19(20)26)9-16(17)24-15(12)10-14(22-24)18(21)25/h3-4,9-10,12,27H,7-8,11H2,1-2H3,(H2,21,25)/t12-,20-/m0/s1. The molecule has 8 nitrogen and oxygen atoms in total. The first kappa shape index (κ1) is 18.1. The maximum Gasteiger partial charge on any atom is 0.269 e. The number of fused-ring (bicyclic) bond motifs is 3. The molecule has 0 unspecified atom stereocenters. The van der Waals surface area contributed by atoms with E-state index >= 15 is 0 Å². The molecule has 28 heavy (non-hydrogen) atoms. The van der Waals surface area contributed by atoms with Gasteiger partial charge in [-0.1, -0.05) is 18.8 Å². The van der Waals surface area contributed by atoms with Gasteiger partial charge < -0.3 is 20.5 Å². The molecule has 2 atom stereocenters. The fourth-order valence-electron chi connectivity index (χ4n) is 3.39. The molecular weight excluding hydrogens is 360 g/mol. The summed E-state index contributed by atoms with van der Waals surface area (Å²) in [5.74, 6) is 5.20. The van der Waals surface area contributed by atoms with E-state index in [1.54, 1.807) is 36.0 Å². The molecule has 2 amide bonds. The van der Waals surface area contributed by atoms with Gasteiger partial charge >= 0.3 is 0 Å². The van der Waals surface area contributed by atoms with Crippen molar-refractivity contribution in [3.8, 4) is 23.3 Å². The summed E-state index contributed by atoms with van der Waals surface area (Å²) in [5, 5.41) is 14.8. The van der Waals surface area contributed by atoms with Gasteiger partial charge in [0.1, 0.15) is 11.4 Å². The minimum Gasteiger partial charge on any atom is -0.491 e. The molecule has 3 N–H and O–H groups in total. The number of carbonyl (C=O) groups is 2. The number of hydrogen-bond donors (Lipinski definition) is 2. The van der Waals surface area contributed by atoms with Crippen LogP contribution in [0.2, 0.25) is 0 Å². The van der Waals surface area contributed by atoms with E-state index in [0.29, 0.717) is 30.2 Å². The molecule has 1 aromatic carbocycles. The van der Waals surface area contributed by atoms with Crippen LogP contribution in [0.5, 0.6) is 5.75 Å². The van der Waals surface area contributed by atoms with E-state index in [-0.39, 0.29) is 18.0 Å². The number of likely N-dealkylation sites (N-methyl/N-ethyl adjacent to an activating group) is 1. The second-order valence-electron chi connectivity index (χ2n) is 7.21. The summed E-state index contributed by atoms with van der Waals surface area (Å²) < 4.78 is 7.49. The lowest BCUT2D eigenvalue weighted by Crippen LogP contribution is -2.37. The molecule has 1 saturated heterocycles. The van der Waals surface area contributed by atoms with Crippen LogP contribution in [0.15, 0.2) is 24.3 Å². The number of carbonyl (C=O) groups excluding carboxylic acids is 2. The van der Waals surface area contributed by atoms with Gasteiger partial charge in [-0.05, 0) is 24.3 Å². The Morgan fingerprint density at radius 1 is 1.43 bits per heavy atom. The zero-order valence-corrected chi connectivity index (χ0v) is 15.6. The number of amides is 2. The third kappa shape index (κ3) is 2.90. The van der Waals surface area contributed by atoms with Gasteiger partial charge in [0, 0.05) is 31.5 Å². The predicted molar refractivity (Wildman–Crippen MR) is 100 cm³/mol. The largest absolute Gasteiger partial charge is 0.491 e. The van der Waals surface area contributed by atoms with Gasteiger partial charge in [-0.2, -0.15) is 5.10 Å². The van der Waals surface area contributed by atoms with Crippen molar-refractivity contribution in [2.24, 2.45) is 5.73 Å². The van der Waals surface area contributed by atoms with E-state index in [1.807, 2.05) is 6.92 Å². The lowest BCUT2D eigenvalue weighted by atomic mass is 10.0. The minimum atomic E-state index is -1.66. The summed E-state index contributed by atoms with van der Waals surface area (Å²) in [6.07, 6.45) is 0.270. The topological polar surface area (TPSA) is 111 Å². The first-order valence-electron chi connectivity index (χ1n) is 8.96. The van der Waals surface area contributed by atoms with Gasteiger partial charge in [0.05, 0.1) is 12.3 Å². The summed E-state index contributed by atoms with van der Waals surface area (Å²) >= 11 is 0. The van der Waals surface area contributed by atoms with Gasteiger partial charge in [0.2, 0.25) is 5.60 Å². The van der Waals surface area contributed by atoms with Gasteiger partial charge in [-0.3, -0.25) is 9.59 Å². The fraction of sp³-hybridized carbons (Fsp3) is 0.350. The van der Waals surface area contributed by atoms with Crippen LogP contribution < -0.4 is 10.5 Å². The molecule has 0 radical (unpaired) electrons. The maximum absolute atomic E-state index is 12.1. The zero-order chi connectivity index (χ0) is 20.1. The van der Waals surface area contributed by atoms with E-state index in [2.05, 4.69) is 16.9 Å². The Labute approximate surface area is 161 Å². The fourth-order valence-corrected chi connectivity index (χ4v) is 3.39. The molecule has 0 spiro atoms. The normalized spacial score (nSPS) is 23.2. The molecule has 0 aliphatic carbocycles. The SMILES string of the molecule is C[C@H]1COc2ccc(C#C[C@]3(O)CCN(C)C3=O)cc2-n2nc(C(N)=O)cc21. The molecule has 8 heteroatoms. The van der Waals surface area contributed by atoms with Gasteiger partial charge in [0.15, 0.2) is 5.69 Å². The second-order valence-corrected chi connectivity index (χ2v) is 7.21. The van der Waals surface area contributed by atoms with Crippen molar-refractivity contribution in [3.63, 3.8) is 0 Å². The third-order valence-corrected chi connectivity index (χ3v) is 5.09. The van der Waals surface area contributed by atoms with Crippen molar-refractivity contribution in [1.29, 1.82) is 0 Å². The van der Waals surface area contributed by atoms with E-state index in [1.165, 1.54) is 4.90 Å². The summed E-state index contributed by atoms with van der Waals surface area (Å²) in [7, 11) is 1.64. The van der Waals surface area contributed by atoms with Gasteiger partial charge in [0.25, 0.3) is 11.8 Å². The maximum atomic E-state index is 12.1. The first-order valence-corrected chi connectivity index (χ1v) is 8.96. The number of benzene rings is 1. The van der Waals surface area contributed by atoms with E-state index in [9.17, 15) is 14.7 Å². The molecule has 2 aliphatic rings. The summed E-state index contributed by atoms with van der Waals surface area (Å²) in [4.78, 5) is 25.1. The first-order chi connectivity index (χ1) is 13.3. The van der Waals surface area contributed by atoms with Crippen molar-refractivity contribution in [2.45, 2.75) is 24.9 Å². The van der Waals surface area contributed by atoms with Crippen LogP contribution in [0.25, 0.3) is 5.69 Å². The molecule has 1 aromatic heterocycles. The number of rotatable bonds is 1. The lowest BCUT2D eigenvalue weighted by molar-refractivity contribution is -0.137. The Morgan fingerprint density at radius 3 is 2.89 bits per heavy atom. The van der Waals surface area contributed by atoms with Crippen molar-refractivity contribution in [3.05, 3.63) is 41.2 Å². The van der Waals surface area contributed by atoms with Crippen LogP contribution in [0.3, 0.4) is 0 Å². The number of nitrogens with two attached hydrogens (primary N) is 1. The molecule has 0 saturated carbocycles. The van der Waals surface area contributed by atoms with Crippen molar-refractivity contribution in [1.82, 2.24) is 14.7 Å². The number of aliphatic hydroxyl groups is 1. The highest BCUT2D eigenvalue weighted by atomic mass is 16.5. The number of ether oxygens (including phenoxy) is 1. The highest BCUT2D eigenvalue weighted by molar-refractivity contribution is 5.91. The number of primary amides is 1. The Balaban J connectivity index is 1.76. The van der Waals surface area contributed by atoms with Crippen LogP contribution in [0.1, 0.15) is 41.0 Å². The Hall–Kier alpha value is -3.31. The monoisotopic (exact) mass is 380 g/mol. The van der Waals surface area contributed by atoms with E-state index < -0.39 is 17.4 Å². The summed E-state index contributed by atoms with van der Waals surface area (Å²) in [6.45, 7) is 2.87. The van der Waals surface area contributed by atoms with Crippen molar-refractivity contribution in [2.75, 3.05) is 20.2 Å². The molecule has 2 aliphatic heterocycles. The van der Waals surface area contributed by atoms with Crippen molar-refractivity contribution >= 4 is 11.8 Å². The summed E-state index contributed by atoms with van der Waals surface area (Å²) in [5.41, 5.74) is 5.93. The van der Waals surface area contributed by atoms with Gasteiger partial charge in [-0.15, -0.1) is 0 Å². The molecule has 4 rings (SSSR count). The second kappa shape index (κ2) is 6.39. The van der Waals surface area contributed by atoms with Crippen LogP contribution in [0, 0.1) is 11.8 Å². The highest BCUT2D eigenvalue weighted by Crippen LogP contribution is 2.32. The van der Waals surface area contributed by atoms with E-state index in [4.69, 9.17) is 10.5 Å². The molecule has 0 bridgehead atoms. The zero-order valence-electron chi connectivity index (χ0n) is 15.6. The number of nitrogens with zero attached hydrogens (tertiary/aromatic N) is 3. The number of hydrogen-bond acceptors (Lipinski definition) is 5. The third-order valence-electron chi connectivity index (χ3n) is 5.09. The Bertz CT molecular complexity index is 1050. The Kier molecular flexibility index (Phi) is 4.12. The minimum absolute atomic E-state index is 0.00916. The van der Waals surface area contributed by atoms with Crippen LogP contribution in [-0.2, 0) is 4.79 Å². The average molecular weight is 380 g/mol. The van der Waals surface area contributed by atoms with Crippen LogP contribution in [0.4, 0.5) is 0 Å². The molecule has 144 valence electrons. The molecular formula is C20H20N4O4. The predicted octanol–water partition coefficient (Wildman–Crippen LogP) is 0.412. The average Bonchev–Trinajstić information content (AvgIpc) is 3.20. The molecule has 3 heterocycles. The van der Waals surface area contributed by atoms with Crippen LogP contribution in [-0.4, -0.2) is 57.4 Å². The Morgan fingerprint density at radius 2 is 2.21 bits per heavy atom. The molecule has 1 fully saturated rings. The quantitative estimate of drug-likeness (QED) is 0.697. The lowest BCUT2D eigenvalue weighted by Gasteiger charge is -2.13. The van der Waals surface area contributed by atoms with Crippen LogP contribution >= 0.6 is 0 Å².